The van der Waals surface area contributed by atoms with Gasteiger partial charge in [0.1, 0.15) is 0 Å². The van der Waals surface area contributed by atoms with Crippen LogP contribution in [0.2, 0.25) is 0 Å². The summed E-state index contributed by atoms with van der Waals surface area (Å²) in [7, 11) is -2.43. The van der Waals surface area contributed by atoms with Crippen molar-refractivity contribution in [2.75, 3.05) is 19.3 Å². The van der Waals surface area contributed by atoms with Crippen molar-refractivity contribution in [3.05, 3.63) is 12.2 Å². The first-order valence-electron chi connectivity index (χ1n) is 11.0. The number of amides is 1. The van der Waals surface area contributed by atoms with Gasteiger partial charge in [0, 0.05) is 20.0 Å². The van der Waals surface area contributed by atoms with Crippen LogP contribution in [-0.2, 0) is 19.2 Å². The zero-order valence-electron chi connectivity index (χ0n) is 18.0. The summed E-state index contributed by atoms with van der Waals surface area (Å²) in [5, 5.41) is 0.805. The molecule has 0 fully saturated rings. The Bertz CT molecular complexity index is 513. The molecule has 6 nitrogen and oxygen atoms in total. The van der Waals surface area contributed by atoms with E-state index in [4.69, 9.17) is 5.73 Å². The number of nitrogens with zero attached hydrogens (tertiary/aromatic N) is 1. The van der Waals surface area contributed by atoms with E-state index in [1.165, 1.54) is 58.4 Å². The van der Waals surface area contributed by atoms with Crippen LogP contribution in [0.3, 0.4) is 0 Å². The molecule has 0 atom stereocenters. The van der Waals surface area contributed by atoms with Crippen molar-refractivity contribution < 1.29 is 17.5 Å². The van der Waals surface area contributed by atoms with Gasteiger partial charge in [-0.25, -0.2) is 5.06 Å². The molecule has 0 aromatic heterocycles. The number of carbonyl (C=O) groups is 1. The molecule has 0 bridgehead atoms. The van der Waals surface area contributed by atoms with Crippen molar-refractivity contribution in [3.63, 3.8) is 0 Å². The van der Waals surface area contributed by atoms with Gasteiger partial charge in [0.25, 0.3) is 10.1 Å². The monoisotopic (exact) mass is 442 g/mol. The van der Waals surface area contributed by atoms with Crippen molar-refractivity contribution in [1.82, 2.24) is 5.06 Å². The molecule has 0 aromatic carbocycles. The van der Waals surface area contributed by atoms with Crippen LogP contribution < -0.4 is 5.73 Å². The number of rotatable bonds is 19. The van der Waals surface area contributed by atoms with E-state index in [9.17, 15) is 13.2 Å². The van der Waals surface area contributed by atoms with Crippen molar-refractivity contribution in [3.8, 4) is 0 Å². The Labute approximate surface area is 201 Å². The molecule has 0 aliphatic heterocycles. The second-order valence-corrected chi connectivity index (χ2v) is 9.02. The molecule has 0 aromatic rings. The van der Waals surface area contributed by atoms with Gasteiger partial charge in [-0.3, -0.25) is 4.79 Å². The van der Waals surface area contributed by atoms with Crippen LogP contribution >= 0.6 is 0 Å². The fraction of sp³-hybridized carbons (Fsp3) is 0.857. The average Bonchev–Trinajstić information content (AvgIpc) is 2.64. The maximum absolute atomic E-state index is 11.9. The number of carbonyl (C=O) groups excluding carboxylic acids is 1. The average molecular weight is 443 g/mol. The van der Waals surface area contributed by atoms with Gasteiger partial charge < -0.3 is 5.73 Å². The van der Waals surface area contributed by atoms with E-state index in [2.05, 4.69) is 23.4 Å². The Balaban J connectivity index is 0. The SMILES string of the molecule is CCCCCCCC/C=C\CCCCCCCC(=O)N(C)OS(=O)(=O)CCN.[NaH]. The molecule has 0 aliphatic carbocycles. The molecule has 0 radical (unpaired) electrons. The van der Waals surface area contributed by atoms with Gasteiger partial charge in [0.15, 0.2) is 0 Å². The third-order valence-corrected chi connectivity index (χ3v) is 5.78. The number of hydroxylamine groups is 2. The van der Waals surface area contributed by atoms with Gasteiger partial charge in [-0.05, 0) is 32.1 Å². The fourth-order valence-corrected chi connectivity index (χ4v) is 3.68. The van der Waals surface area contributed by atoms with E-state index in [1.54, 1.807) is 0 Å². The Kier molecular flexibility index (Phi) is 23.0. The van der Waals surface area contributed by atoms with Crippen LogP contribution in [0.5, 0.6) is 0 Å². The maximum atomic E-state index is 11.9. The summed E-state index contributed by atoms with van der Waals surface area (Å²) in [6, 6.07) is 0. The van der Waals surface area contributed by atoms with Gasteiger partial charge in [0.2, 0.25) is 5.91 Å². The van der Waals surface area contributed by atoms with E-state index >= 15 is 0 Å². The first-order chi connectivity index (χ1) is 13.4. The molecule has 0 saturated heterocycles. The molecule has 1 amide bonds. The van der Waals surface area contributed by atoms with Crippen molar-refractivity contribution in [2.24, 2.45) is 5.73 Å². The van der Waals surface area contributed by atoms with Crippen LogP contribution in [0, 0.1) is 0 Å². The predicted octanol–water partition coefficient (Wildman–Crippen LogP) is 4.05. The quantitative estimate of drug-likeness (QED) is 0.141. The molecule has 168 valence electrons. The van der Waals surface area contributed by atoms with E-state index < -0.39 is 10.1 Å². The number of unbranched alkanes of at least 4 members (excludes halogenated alkanes) is 11. The summed E-state index contributed by atoms with van der Waals surface area (Å²) in [5.41, 5.74) is 5.20. The molecule has 2 N–H and O–H groups in total. The van der Waals surface area contributed by atoms with E-state index in [0.717, 1.165) is 37.2 Å². The summed E-state index contributed by atoms with van der Waals surface area (Å²) in [6.45, 7) is 2.22. The minimum absolute atomic E-state index is 0. The van der Waals surface area contributed by atoms with E-state index in [0.29, 0.717) is 6.42 Å². The van der Waals surface area contributed by atoms with Gasteiger partial charge in [0.05, 0.1) is 5.75 Å². The van der Waals surface area contributed by atoms with Crippen LogP contribution in [0.25, 0.3) is 0 Å². The normalized spacial score (nSPS) is 11.6. The zero-order chi connectivity index (χ0) is 21.1. The molecule has 0 heterocycles. The third kappa shape index (κ3) is 21.1. The summed E-state index contributed by atoms with van der Waals surface area (Å²) >= 11 is 0. The first kappa shape index (κ1) is 31.3. The third-order valence-electron chi connectivity index (χ3n) is 4.60. The van der Waals surface area contributed by atoms with Crippen molar-refractivity contribution >= 4 is 45.6 Å². The van der Waals surface area contributed by atoms with Crippen LogP contribution in [0.15, 0.2) is 12.2 Å². The van der Waals surface area contributed by atoms with Crippen LogP contribution in [0.1, 0.15) is 96.8 Å². The van der Waals surface area contributed by atoms with E-state index in [-0.39, 0.29) is 47.8 Å². The Morgan fingerprint density at radius 2 is 1.38 bits per heavy atom. The number of hydrogen-bond donors (Lipinski definition) is 1. The topological polar surface area (TPSA) is 89.7 Å². The zero-order valence-corrected chi connectivity index (χ0v) is 18.9. The number of allylic oxidation sites excluding steroid dienone is 2. The molecule has 0 aliphatic rings. The summed E-state index contributed by atoms with van der Waals surface area (Å²) in [4.78, 5) is 11.9. The summed E-state index contributed by atoms with van der Waals surface area (Å²) in [6.07, 6.45) is 20.5. The second-order valence-electron chi connectivity index (χ2n) is 7.35. The van der Waals surface area contributed by atoms with Crippen LogP contribution in [-0.4, -0.2) is 68.3 Å². The van der Waals surface area contributed by atoms with Gasteiger partial charge in [-0.1, -0.05) is 70.4 Å². The molecule has 0 saturated carbocycles. The number of nitrogens with two attached hydrogens (primary N) is 1. The van der Waals surface area contributed by atoms with Gasteiger partial charge in [-0.2, -0.15) is 8.42 Å². The Morgan fingerprint density at radius 1 is 0.897 bits per heavy atom. The molecule has 8 heteroatoms. The number of hydrogen-bond acceptors (Lipinski definition) is 5. The molecule has 29 heavy (non-hydrogen) atoms. The Hall–Kier alpha value is 0.0800. The molecular formula is C21H43N2NaO4S. The predicted molar refractivity (Wildman–Crippen MR) is 123 cm³/mol. The summed E-state index contributed by atoms with van der Waals surface area (Å²) < 4.78 is 27.6. The van der Waals surface area contributed by atoms with E-state index in [1.807, 2.05) is 0 Å². The minimum atomic E-state index is -3.76. The summed E-state index contributed by atoms with van der Waals surface area (Å²) in [5.74, 6) is -0.615. The van der Waals surface area contributed by atoms with Gasteiger partial charge in [-0.15, -0.1) is 4.28 Å². The molecule has 0 rings (SSSR count). The van der Waals surface area contributed by atoms with Gasteiger partial charge >= 0.3 is 29.6 Å². The molecule has 0 spiro atoms. The fourth-order valence-electron chi connectivity index (χ4n) is 2.90. The second kappa shape index (κ2) is 21.3. The Morgan fingerprint density at radius 3 is 1.90 bits per heavy atom. The van der Waals surface area contributed by atoms with Crippen molar-refractivity contribution in [1.29, 1.82) is 0 Å². The molecular weight excluding hydrogens is 399 g/mol. The first-order valence-corrected chi connectivity index (χ1v) is 12.5. The standard InChI is InChI=1S/C21H42N2O4S.Na.H/c1-3-4-5-6-7-8-9-10-11-12-13-14-15-16-17-18-21(24)23(2)27-28(25,26)20-19-22;;/h10-11H,3-9,12-20,22H2,1-2H3;;/b11-10-;;. The molecule has 0 unspecified atom stereocenters. The van der Waals surface area contributed by atoms with Crippen molar-refractivity contribution in [2.45, 2.75) is 96.8 Å². The van der Waals surface area contributed by atoms with Crippen LogP contribution in [0.4, 0.5) is 0 Å².